The van der Waals surface area contributed by atoms with Gasteiger partial charge >= 0.3 is 0 Å². The molecule has 0 radical (unpaired) electrons. The molecule has 1 aliphatic heterocycles. The Bertz CT molecular complexity index is 235. The van der Waals surface area contributed by atoms with Gasteiger partial charge in [0.05, 0.1) is 0 Å². The zero-order chi connectivity index (χ0) is 13.5. The second kappa shape index (κ2) is 8.26. The molecular weight excluding hydrogens is 232 g/mol. The minimum atomic E-state index is 0.889. The topological polar surface area (TPSA) is 15.3 Å². The maximum absolute atomic E-state index is 3.58. The van der Waals surface area contributed by atoms with E-state index in [9.17, 15) is 0 Å². The minimum absolute atomic E-state index is 0.889. The van der Waals surface area contributed by atoms with Crippen LogP contribution in [0.5, 0.6) is 0 Å². The van der Waals surface area contributed by atoms with Crippen LogP contribution in [-0.4, -0.2) is 37.1 Å². The largest absolute Gasteiger partial charge is 0.316 e. The van der Waals surface area contributed by atoms with Gasteiger partial charge < -0.3 is 10.2 Å². The van der Waals surface area contributed by atoms with Gasteiger partial charge in [-0.1, -0.05) is 33.1 Å². The van der Waals surface area contributed by atoms with Gasteiger partial charge in [-0.25, -0.2) is 0 Å². The van der Waals surface area contributed by atoms with Crippen molar-refractivity contribution in [2.24, 2.45) is 11.8 Å². The predicted octanol–water partition coefficient (Wildman–Crippen LogP) is 3.67. The van der Waals surface area contributed by atoms with E-state index in [1.807, 2.05) is 0 Å². The van der Waals surface area contributed by atoms with Gasteiger partial charge in [-0.3, -0.25) is 0 Å². The molecule has 0 bridgehead atoms. The highest BCUT2D eigenvalue weighted by atomic mass is 15.2. The van der Waals surface area contributed by atoms with E-state index in [1.165, 1.54) is 77.5 Å². The smallest absolute Gasteiger partial charge is 0.00980 e. The molecule has 0 amide bonds. The van der Waals surface area contributed by atoms with Gasteiger partial charge in [-0.2, -0.15) is 0 Å². The number of rotatable bonds is 6. The van der Waals surface area contributed by atoms with Crippen molar-refractivity contribution in [1.29, 1.82) is 0 Å². The molecule has 2 aliphatic rings. The quantitative estimate of drug-likeness (QED) is 0.789. The maximum atomic E-state index is 3.58. The van der Waals surface area contributed by atoms with Crippen LogP contribution in [0.25, 0.3) is 0 Å². The summed E-state index contributed by atoms with van der Waals surface area (Å²) in [6.07, 6.45) is 11.4. The molecule has 0 spiro atoms. The molecule has 1 aliphatic carbocycles. The second-order valence-corrected chi connectivity index (χ2v) is 6.80. The molecule has 1 saturated carbocycles. The van der Waals surface area contributed by atoms with Gasteiger partial charge in [0.1, 0.15) is 0 Å². The Kier molecular flexibility index (Phi) is 6.66. The molecule has 2 heteroatoms. The van der Waals surface area contributed by atoms with Crippen molar-refractivity contribution in [1.82, 2.24) is 10.2 Å². The molecule has 19 heavy (non-hydrogen) atoms. The number of hydrogen-bond acceptors (Lipinski definition) is 2. The van der Waals surface area contributed by atoms with Crippen LogP contribution in [0.2, 0.25) is 0 Å². The van der Waals surface area contributed by atoms with Crippen molar-refractivity contribution in [3.05, 3.63) is 0 Å². The third kappa shape index (κ3) is 4.75. The SMILES string of the molecule is CCCN(CC1CCCNC1)C1CCCC(CC)C1. The van der Waals surface area contributed by atoms with E-state index >= 15 is 0 Å². The zero-order valence-electron chi connectivity index (χ0n) is 13.2. The molecule has 0 aromatic rings. The molecule has 3 atom stereocenters. The van der Waals surface area contributed by atoms with Gasteiger partial charge in [-0.05, 0) is 63.6 Å². The minimum Gasteiger partial charge on any atom is -0.316 e. The Hall–Kier alpha value is -0.0800. The fraction of sp³-hybridized carbons (Fsp3) is 1.00. The molecular formula is C17H34N2. The van der Waals surface area contributed by atoms with Crippen LogP contribution in [0, 0.1) is 11.8 Å². The normalized spacial score (nSPS) is 32.7. The van der Waals surface area contributed by atoms with Crippen LogP contribution < -0.4 is 5.32 Å². The third-order valence-corrected chi connectivity index (χ3v) is 5.25. The van der Waals surface area contributed by atoms with Crippen molar-refractivity contribution in [2.45, 2.75) is 71.3 Å². The van der Waals surface area contributed by atoms with Gasteiger partial charge in [0.2, 0.25) is 0 Å². The van der Waals surface area contributed by atoms with Gasteiger partial charge in [0, 0.05) is 12.6 Å². The maximum Gasteiger partial charge on any atom is 0.00980 e. The first kappa shape index (κ1) is 15.3. The Morgan fingerprint density at radius 3 is 2.58 bits per heavy atom. The second-order valence-electron chi connectivity index (χ2n) is 6.80. The first-order chi connectivity index (χ1) is 9.33. The van der Waals surface area contributed by atoms with E-state index in [2.05, 4.69) is 24.1 Å². The van der Waals surface area contributed by atoms with Gasteiger partial charge in [-0.15, -0.1) is 0 Å². The highest BCUT2D eigenvalue weighted by Crippen LogP contribution is 2.30. The molecule has 2 fully saturated rings. The molecule has 1 N–H and O–H groups in total. The fourth-order valence-electron chi connectivity index (χ4n) is 4.09. The van der Waals surface area contributed by atoms with E-state index in [-0.39, 0.29) is 0 Å². The molecule has 3 unspecified atom stereocenters. The van der Waals surface area contributed by atoms with E-state index in [4.69, 9.17) is 0 Å². The lowest BCUT2D eigenvalue weighted by Crippen LogP contribution is -2.45. The fourth-order valence-corrected chi connectivity index (χ4v) is 4.09. The summed E-state index contributed by atoms with van der Waals surface area (Å²) in [5.41, 5.74) is 0. The highest BCUT2D eigenvalue weighted by Gasteiger charge is 2.27. The van der Waals surface area contributed by atoms with E-state index < -0.39 is 0 Å². The first-order valence-corrected chi connectivity index (χ1v) is 8.78. The van der Waals surface area contributed by atoms with Gasteiger partial charge in [0.25, 0.3) is 0 Å². The van der Waals surface area contributed by atoms with E-state index in [1.54, 1.807) is 0 Å². The van der Waals surface area contributed by atoms with Crippen LogP contribution in [0.4, 0.5) is 0 Å². The van der Waals surface area contributed by atoms with Crippen molar-refractivity contribution in [3.8, 4) is 0 Å². The average Bonchev–Trinajstić information content (AvgIpc) is 2.48. The molecule has 1 heterocycles. The standard InChI is InChI=1S/C17H34N2/c1-3-11-19(14-16-8-6-10-18-13-16)17-9-5-7-15(4-2)12-17/h15-18H,3-14H2,1-2H3. The summed E-state index contributed by atoms with van der Waals surface area (Å²) in [5.74, 6) is 1.91. The third-order valence-electron chi connectivity index (χ3n) is 5.25. The first-order valence-electron chi connectivity index (χ1n) is 8.78. The summed E-state index contributed by atoms with van der Waals surface area (Å²) in [5, 5.41) is 3.58. The molecule has 0 aromatic heterocycles. The average molecular weight is 266 g/mol. The van der Waals surface area contributed by atoms with Crippen LogP contribution in [0.3, 0.4) is 0 Å². The van der Waals surface area contributed by atoms with Crippen LogP contribution in [0.15, 0.2) is 0 Å². The molecule has 2 nitrogen and oxygen atoms in total. The van der Waals surface area contributed by atoms with Crippen molar-refractivity contribution in [2.75, 3.05) is 26.2 Å². The number of nitrogens with one attached hydrogen (secondary N) is 1. The van der Waals surface area contributed by atoms with Crippen molar-refractivity contribution >= 4 is 0 Å². The molecule has 112 valence electrons. The molecule has 2 rings (SSSR count). The van der Waals surface area contributed by atoms with E-state index in [0.717, 1.165) is 17.9 Å². The van der Waals surface area contributed by atoms with Crippen LogP contribution in [0.1, 0.15) is 65.2 Å². The predicted molar refractivity (Wildman–Crippen MR) is 83.5 cm³/mol. The number of piperidine rings is 1. The van der Waals surface area contributed by atoms with Gasteiger partial charge in [0.15, 0.2) is 0 Å². The summed E-state index contributed by atoms with van der Waals surface area (Å²) in [7, 11) is 0. The van der Waals surface area contributed by atoms with E-state index in [0.29, 0.717) is 0 Å². The number of hydrogen-bond donors (Lipinski definition) is 1. The lowest BCUT2D eigenvalue weighted by atomic mass is 9.83. The Morgan fingerprint density at radius 1 is 1.05 bits per heavy atom. The van der Waals surface area contributed by atoms with Crippen molar-refractivity contribution < 1.29 is 0 Å². The Morgan fingerprint density at radius 2 is 1.89 bits per heavy atom. The lowest BCUT2D eigenvalue weighted by Gasteiger charge is -2.40. The van der Waals surface area contributed by atoms with Crippen molar-refractivity contribution in [3.63, 3.8) is 0 Å². The summed E-state index contributed by atoms with van der Waals surface area (Å²) in [6, 6.07) is 0.889. The van der Waals surface area contributed by atoms with Crippen LogP contribution in [-0.2, 0) is 0 Å². The number of nitrogens with zero attached hydrogens (tertiary/aromatic N) is 1. The highest BCUT2D eigenvalue weighted by molar-refractivity contribution is 4.82. The van der Waals surface area contributed by atoms with Crippen LogP contribution >= 0.6 is 0 Å². The Balaban J connectivity index is 1.86. The summed E-state index contributed by atoms with van der Waals surface area (Å²) in [6.45, 7) is 9.88. The molecule has 0 aromatic carbocycles. The molecule has 1 saturated heterocycles. The zero-order valence-corrected chi connectivity index (χ0v) is 13.2. The Labute approximate surface area is 120 Å². The summed E-state index contributed by atoms with van der Waals surface area (Å²) < 4.78 is 0. The monoisotopic (exact) mass is 266 g/mol. The summed E-state index contributed by atoms with van der Waals surface area (Å²) in [4.78, 5) is 2.85. The summed E-state index contributed by atoms with van der Waals surface area (Å²) >= 11 is 0. The lowest BCUT2D eigenvalue weighted by molar-refractivity contribution is 0.104.